The van der Waals surface area contributed by atoms with Crippen LogP contribution in [0.4, 0.5) is 13.2 Å². The van der Waals surface area contributed by atoms with Gasteiger partial charge in [-0.2, -0.15) is 14.5 Å². The molecule has 0 spiro atoms. The molecule has 0 aliphatic rings. The minimum Gasteiger partial charge on any atom is -0.184 e. The van der Waals surface area contributed by atoms with E-state index >= 15 is 0 Å². The first-order chi connectivity index (χ1) is 14.1. The molecule has 0 N–H and O–H groups in total. The summed E-state index contributed by atoms with van der Waals surface area (Å²) >= 11 is 6.46. The van der Waals surface area contributed by atoms with E-state index in [-0.39, 0.29) is 0 Å². The average molecular weight is 824 g/mol. The zero-order valence-corrected chi connectivity index (χ0v) is 22.7. The summed E-state index contributed by atoms with van der Waals surface area (Å²) in [4.78, 5) is 0. The van der Waals surface area contributed by atoms with Gasteiger partial charge in [0.25, 0.3) is 0 Å². The molecule has 0 aliphatic heterocycles. The van der Waals surface area contributed by atoms with Crippen molar-refractivity contribution in [3.05, 3.63) is 81.4 Å². The molecule has 0 saturated heterocycles. The van der Waals surface area contributed by atoms with Crippen LogP contribution < -0.4 is 4.74 Å². The molecule has 1 aromatic heterocycles. The maximum atomic E-state index is 12.2. The number of aryl methyl sites for hydroxylation is 1. The zero-order chi connectivity index (χ0) is 22.3. The number of halogens is 5. The molecule has 0 bridgehead atoms. The Hall–Kier alpha value is -0.652. The molecule has 0 saturated carbocycles. The molecule has 0 unspecified atom stereocenters. The minimum absolute atomic E-state index is 0.602. The summed E-state index contributed by atoms with van der Waals surface area (Å²) in [6, 6.07) is 13.3. The third-order valence-corrected chi connectivity index (χ3v) is 6.17. The van der Waals surface area contributed by atoms with E-state index in [2.05, 4.69) is 98.7 Å². The zero-order valence-electron chi connectivity index (χ0n) is 16.1. The fourth-order valence-corrected chi connectivity index (χ4v) is 3.82. The summed E-state index contributed by atoms with van der Waals surface area (Å²) in [7, 11) is 3.74. The van der Waals surface area contributed by atoms with E-state index in [1.54, 1.807) is 7.11 Å². The second kappa shape index (κ2) is 11.8. The third-order valence-electron chi connectivity index (χ3n) is 4.03. The molecule has 0 fully saturated rings. The third kappa shape index (κ3) is 8.12. The Labute approximate surface area is 212 Å². The van der Waals surface area contributed by atoms with Crippen LogP contribution in [-0.4, -0.2) is 17.6 Å². The van der Waals surface area contributed by atoms with Gasteiger partial charge in [-0.15, -0.1) is 0 Å². The Morgan fingerprint density at radius 2 is 1.70 bits per heavy atom. The number of benzene rings is 2. The first-order valence-electron chi connectivity index (χ1n) is 8.65. The molecule has 2 aromatic carbocycles. The van der Waals surface area contributed by atoms with Gasteiger partial charge in [-0.1, -0.05) is 12.1 Å². The molecule has 3 rings (SSSR count). The van der Waals surface area contributed by atoms with Crippen LogP contribution in [0.5, 0.6) is 5.75 Å². The van der Waals surface area contributed by atoms with Crippen LogP contribution >= 0.6 is 45.7 Å². The summed E-state index contributed by atoms with van der Waals surface area (Å²) in [6.07, 6.45) is -0.100. The number of hydrogen-bond acceptors (Lipinski definition) is 2. The van der Waals surface area contributed by atoms with Crippen molar-refractivity contribution in [2.75, 3.05) is 7.11 Å². The Balaban J connectivity index is 0.000000216. The van der Waals surface area contributed by atoms with Gasteiger partial charge >= 0.3 is 112 Å². The van der Waals surface area contributed by atoms with Crippen molar-refractivity contribution in [2.24, 2.45) is 7.05 Å². The Morgan fingerprint density at radius 3 is 2.20 bits per heavy atom. The Morgan fingerprint density at radius 1 is 1.03 bits per heavy atom. The molecule has 1 heterocycles. The van der Waals surface area contributed by atoms with E-state index < -0.39 is 11.7 Å². The van der Waals surface area contributed by atoms with Crippen LogP contribution in [-0.2, 0) is 45.7 Å². The number of nitrogens with zero attached hydrogens (tertiary/aromatic N) is 3. The molecule has 3 aromatic rings. The normalized spacial score (nSPS) is 11.3. The van der Waals surface area contributed by atoms with Crippen molar-refractivity contribution >= 4 is 45.7 Å². The molecule has 0 amide bonds. The second-order valence-electron chi connectivity index (χ2n) is 6.29. The van der Waals surface area contributed by atoms with Crippen LogP contribution in [0, 0.1) is 3.80 Å². The summed E-state index contributed by atoms with van der Waals surface area (Å²) in [5, 5.41) is 0. The fraction of sp³-hybridized carbons (Fsp3) is 0.250. The second-order valence-corrected chi connectivity index (χ2v) is 11.5. The molecule has 166 valence electrons. The molecule has 0 radical (unpaired) electrons. The number of imidazole rings is 1. The smallest absolute Gasteiger partial charge is 0.184 e. The van der Waals surface area contributed by atoms with Crippen molar-refractivity contribution in [1.29, 1.82) is 0 Å². The number of ether oxygens (including phenoxy) is 1. The first-order valence-corrected chi connectivity index (χ1v) is 11.7. The largest absolute Gasteiger partial charge is 0.416 e. The monoisotopic (exact) mass is 824 g/mol. The van der Waals surface area contributed by atoms with Crippen molar-refractivity contribution < 1.29 is 37.3 Å². The Bertz CT molecular complexity index is 1000. The quantitative estimate of drug-likeness (QED) is 0.227. The van der Waals surface area contributed by atoms with Crippen molar-refractivity contribution in [3.8, 4) is 5.75 Å². The van der Waals surface area contributed by atoms with Crippen molar-refractivity contribution in [1.82, 2.24) is 10.5 Å². The summed E-state index contributed by atoms with van der Waals surface area (Å²) in [5.41, 5.74) is 1.50. The summed E-state index contributed by atoms with van der Waals surface area (Å²) in [5.74, 6) is 0.907. The Kier molecular flexibility index (Phi) is 10.1. The van der Waals surface area contributed by atoms with Gasteiger partial charge in [0.2, 0.25) is 0 Å². The van der Waals surface area contributed by atoms with Gasteiger partial charge in [0.1, 0.15) is 0 Å². The van der Waals surface area contributed by atoms with E-state index in [9.17, 15) is 13.2 Å². The van der Waals surface area contributed by atoms with Crippen LogP contribution in [0.15, 0.2) is 60.9 Å². The number of methoxy groups -OCH3 is 1. The van der Waals surface area contributed by atoms with Crippen LogP contribution in [0.3, 0.4) is 0 Å². The number of alkyl halides is 3. The van der Waals surface area contributed by atoms with Gasteiger partial charge < -0.3 is 0 Å². The van der Waals surface area contributed by atoms with Gasteiger partial charge in [0, 0.05) is 52.3 Å². The van der Waals surface area contributed by atoms with Crippen LogP contribution in [0.2, 0.25) is 0 Å². The molecule has 0 aliphatic carbocycles. The molecule has 10 heteroatoms. The van der Waals surface area contributed by atoms with E-state index in [1.165, 1.54) is 21.5 Å². The molecule has 0 atom stereocenters. The van der Waals surface area contributed by atoms with Gasteiger partial charge in [-0.25, -0.2) is 0 Å². The molecule has 30 heavy (non-hydrogen) atoms. The number of aromatic nitrogens is 2. The maximum absolute atomic E-state index is 12.2. The minimum atomic E-state index is -4.24. The van der Waals surface area contributed by atoms with E-state index in [4.69, 9.17) is 4.74 Å². The van der Waals surface area contributed by atoms with Crippen molar-refractivity contribution in [2.45, 2.75) is 19.3 Å². The van der Waals surface area contributed by atoms with Crippen molar-refractivity contribution in [3.63, 3.8) is 0 Å². The maximum Gasteiger partial charge on any atom is 0.416 e. The van der Waals surface area contributed by atoms with Gasteiger partial charge in [0.05, 0.1) is 5.56 Å². The number of rotatable bonds is 5. The average Bonchev–Trinajstić information content (AvgIpc) is 3.00. The van der Waals surface area contributed by atoms with E-state index in [1.807, 2.05) is 20.5 Å². The standard InChI is InChI=1S/C12H14N2O.C8H6F3I2N.Pt/c1-13-6-7-14(10-13)9-11-4-3-5-12(8-11)15-2;9-8(10,11)7-3-1-6(2-4-7)5-14(12)13;/h3-8H,9H2,1-2H3;1-4H,5H2;. The molecule has 4 nitrogen and oxygen atoms in total. The summed E-state index contributed by atoms with van der Waals surface area (Å²) < 4.78 is 49.1. The summed E-state index contributed by atoms with van der Waals surface area (Å²) in [6.45, 7) is 1.50. The fourth-order valence-electron chi connectivity index (χ4n) is 2.51. The van der Waals surface area contributed by atoms with E-state index in [0.717, 1.165) is 30.0 Å². The first kappa shape index (κ1) is 25.6. The van der Waals surface area contributed by atoms with Crippen LogP contribution in [0.25, 0.3) is 0 Å². The van der Waals surface area contributed by atoms with Gasteiger partial charge in [-0.3, -0.25) is 0 Å². The number of hydrogen-bond donors (Lipinski definition) is 0. The van der Waals surface area contributed by atoms with Gasteiger partial charge in [0.15, 0.2) is 0 Å². The SMILES string of the molecule is COc1cccc(Cn2ccn(C)[c]2=[Pt])c1.FC(F)(F)c1ccc(CN(I)I)cc1. The van der Waals surface area contributed by atoms with E-state index in [0.29, 0.717) is 6.54 Å². The van der Waals surface area contributed by atoms with Crippen LogP contribution in [0.1, 0.15) is 16.7 Å². The molecular weight excluding hydrogens is 804 g/mol. The molecular formula is C20H20F3I2N3OPt. The van der Waals surface area contributed by atoms with Gasteiger partial charge in [-0.05, 0) is 17.7 Å². The predicted molar refractivity (Wildman–Crippen MR) is 124 cm³/mol. The predicted octanol–water partition coefficient (Wildman–Crippen LogP) is 6.17. The topological polar surface area (TPSA) is 22.3 Å².